The smallest absolute Gasteiger partial charge is 0.277 e. The summed E-state index contributed by atoms with van der Waals surface area (Å²) >= 11 is 6.57. The number of aromatic nitrogens is 2. The van der Waals surface area contributed by atoms with Gasteiger partial charge in [0.15, 0.2) is 0 Å². The third kappa shape index (κ3) is 4.24. The third-order valence-corrected chi connectivity index (χ3v) is 5.54. The van der Waals surface area contributed by atoms with Crippen molar-refractivity contribution in [2.75, 3.05) is 32.8 Å². The monoisotopic (exact) mass is 405 g/mol. The maximum atomic E-state index is 13.1. The van der Waals surface area contributed by atoms with E-state index in [0.717, 1.165) is 18.4 Å². The SMILES string of the molecule is COCC(COC)Nc1c(C)nc(-c2cc3c(cc2Cl)CCCC3)n(C)c1=O. The van der Waals surface area contributed by atoms with Crippen LogP contribution in [0.1, 0.15) is 29.7 Å². The van der Waals surface area contributed by atoms with E-state index in [0.29, 0.717) is 35.4 Å². The Kier molecular flexibility index (Phi) is 6.75. The Morgan fingerprint density at radius 1 is 1.18 bits per heavy atom. The van der Waals surface area contributed by atoms with Gasteiger partial charge in [0.05, 0.1) is 30.0 Å². The summed E-state index contributed by atoms with van der Waals surface area (Å²) in [4.78, 5) is 17.8. The highest BCUT2D eigenvalue weighted by atomic mass is 35.5. The van der Waals surface area contributed by atoms with Crippen molar-refractivity contribution in [3.05, 3.63) is 44.3 Å². The number of hydrogen-bond donors (Lipinski definition) is 1. The lowest BCUT2D eigenvalue weighted by Crippen LogP contribution is -2.35. The summed E-state index contributed by atoms with van der Waals surface area (Å²) in [5.74, 6) is 0.585. The van der Waals surface area contributed by atoms with Crippen LogP contribution in [-0.4, -0.2) is 43.0 Å². The zero-order valence-corrected chi connectivity index (χ0v) is 17.7. The molecule has 1 aromatic heterocycles. The number of hydrogen-bond acceptors (Lipinski definition) is 5. The molecule has 0 radical (unpaired) electrons. The molecular weight excluding hydrogens is 378 g/mol. The molecule has 1 aromatic carbocycles. The van der Waals surface area contributed by atoms with Gasteiger partial charge in [-0.25, -0.2) is 4.98 Å². The molecule has 1 aliphatic carbocycles. The lowest BCUT2D eigenvalue weighted by atomic mass is 9.90. The maximum Gasteiger partial charge on any atom is 0.277 e. The summed E-state index contributed by atoms with van der Waals surface area (Å²) in [6, 6.07) is 4.00. The van der Waals surface area contributed by atoms with Crippen LogP contribution in [-0.2, 0) is 29.4 Å². The second kappa shape index (κ2) is 9.07. The predicted octanol–water partition coefficient (Wildman–Crippen LogP) is 3.36. The molecule has 1 heterocycles. The molecule has 1 N–H and O–H groups in total. The van der Waals surface area contributed by atoms with E-state index in [1.807, 2.05) is 13.0 Å². The second-order valence-electron chi connectivity index (χ2n) is 7.32. The van der Waals surface area contributed by atoms with Gasteiger partial charge >= 0.3 is 0 Å². The average molecular weight is 406 g/mol. The van der Waals surface area contributed by atoms with Crippen molar-refractivity contribution < 1.29 is 9.47 Å². The molecule has 152 valence electrons. The van der Waals surface area contributed by atoms with Gasteiger partial charge in [0.2, 0.25) is 0 Å². The quantitative estimate of drug-likeness (QED) is 0.765. The molecule has 6 nitrogen and oxygen atoms in total. The van der Waals surface area contributed by atoms with E-state index in [-0.39, 0.29) is 11.6 Å². The van der Waals surface area contributed by atoms with Gasteiger partial charge in [0.25, 0.3) is 5.56 Å². The second-order valence-corrected chi connectivity index (χ2v) is 7.73. The summed E-state index contributed by atoms with van der Waals surface area (Å²) in [6.45, 7) is 2.68. The van der Waals surface area contributed by atoms with Crippen LogP contribution in [0.15, 0.2) is 16.9 Å². The van der Waals surface area contributed by atoms with Crippen LogP contribution >= 0.6 is 11.6 Å². The minimum Gasteiger partial charge on any atom is -0.382 e. The first-order chi connectivity index (χ1) is 13.5. The van der Waals surface area contributed by atoms with Crippen LogP contribution in [0.5, 0.6) is 0 Å². The van der Waals surface area contributed by atoms with Gasteiger partial charge < -0.3 is 14.8 Å². The van der Waals surface area contributed by atoms with Crippen molar-refractivity contribution in [2.45, 2.75) is 38.6 Å². The fraction of sp³-hybridized carbons (Fsp3) is 0.524. The largest absolute Gasteiger partial charge is 0.382 e. The molecule has 0 fully saturated rings. The fourth-order valence-corrected chi connectivity index (χ4v) is 4.05. The van der Waals surface area contributed by atoms with Gasteiger partial charge in [-0.2, -0.15) is 0 Å². The standard InChI is InChI=1S/C21H28ClN3O3/c1-13-19(24-16(11-27-3)12-28-4)21(26)25(2)20(23-13)17-9-14-7-5-6-8-15(14)10-18(17)22/h9-10,16,24H,5-8,11-12H2,1-4H3. The van der Waals surface area contributed by atoms with Crippen molar-refractivity contribution >= 4 is 17.3 Å². The summed E-state index contributed by atoms with van der Waals surface area (Å²) in [7, 11) is 4.97. The van der Waals surface area contributed by atoms with Gasteiger partial charge in [-0.15, -0.1) is 0 Å². The number of rotatable bonds is 7. The number of fused-ring (bicyclic) bond motifs is 1. The molecule has 7 heteroatoms. The first kappa shape index (κ1) is 20.8. The lowest BCUT2D eigenvalue weighted by molar-refractivity contribution is 0.126. The number of nitrogens with zero attached hydrogens (tertiary/aromatic N) is 2. The molecule has 2 aromatic rings. The minimum absolute atomic E-state index is 0.138. The molecule has 0 atom stereocenters. The zero-order valence-electron chi connectivity index (χ0n) is 17.0. The van der Waals surface area contributed by atoms with E-state index >= 15 is 0 Å². The highest BCUT2D eigenvalue weighted by Crippen LogP contribution is 2.33. The van der Waals surface area contributed by atoms with Crippen LogP contribution in [0, 0.1) is 6.92 Å². The number of anilines is 1. The van der Waals surface area contributed by atoms with Crippen molar-refractivity contribution in [3.63, 3.8) is 0 Å². The van der Waals surface area contributed by atoms with E-state index in [4.69, 9.17) is 26.1 Å². The van der Waals surface area contributed by atoms with Gasteiger partial charge in [0.1, 0.15) is 11.5 Å². The molecule has 0 amide bonds. The van der Waals surface area contributed by atoms with Gasteiger partial charge in [0, 0.05) is 26.8 Å². The number of aryl methyl sites for hydroxylation is 3. The average Bonchev–Trinajstić information content (AvgIpc) is 2.68. The molecule has 0 saturated heterocycles. The number of methoxy groups -OCH3 is 2. The molecule has 0 saturated carbocycles. The normalized spacial score (nSPS) is 13.6. The number of ether oxygens (including phenoxy) is 2. The Morgan fingerprint density at radius 3 is 2.39 bits per heavy atom. The van der Waals surface area contributed by atoms with Crippen molar-refractivity contribution in [2.24, 2.45) is 7.05 Å². The van der Waals surface area contributed by atoms with E-state index in [2.05, 4.69) is 11.4 Å². The molecule has 3 rings (SSSR count). The Bertz CT molecular complexity index is 905. The number of nitrogens with one attached hydrogen (secondary N) is 1. The summed E-state index contributed by atoms with van der Waals surface area (Å²) in [5.41, 5.74) is 4.36. The summed E-state index contributed by atoms with van der Waals surface area (Å²) in [5, 5.41) is 3.86. The zero-order chi connectivity index (χ0) is 20.3. The third-order valence-electron chi connectivity index (χ3n) is 5.23. The molecule has 1 aliphatic rings. The van der Waals surface area contributed by atoms with Crippen LogP contribution in [0.3, 0.4) is 0 Å². The van der Waals surface area contributed by atoms with Gasteiger partial charge in [-0.1, -0.05) is 11.6 Å². The predicted molar refractivity (Wildman–Crippen MR) is 112 cm³/mol. The Balaban J connectivity index is 2.02. The van der Waals surface area contributed by atoms with E-state index in [1.54, 1.807) is 25.8 Å². The van der Waals surface area contributed by atoms with Crippen molar-refractivity contribution in [3.8, 4) is 11.4 Å². The van der Waals surface area contributed by atoms with Crippen molar-refractivity contribution in [1.29, 1.82) is 0 Å². The van der Waals surface area contributed by atoms with Crippen LogP contribution in [0.4, 0.5) is 5.69 Å². The van der Waals surface area contributed by atoms with Crippen LogP contribution < -0.4 is 10.9 Å². The Morgan fingerprint density at radius 2 is 1.79 bits per heavy atom. The van der Waals surface area contributed by atoms with Gasteiger partial charge in [-0.3, -0.25) is 9.36 Å². The fourth-order valence-electron chi connectivity index (χ4n) is 3.78. The lowest BCUT2D eigenvalue weighted by Gasteiger charge is -2.21. The molecular formula is C21H28ClN3O3. The van der Waals surface area contributed by atoms with E-state index in [1.165, 1.54) is 24.0 Å². The topological polar surface area (TPSA) is 65.4 Å². The molecule has 0 bridgehead atoms. The highest BCUT2D eigenvalue weighted by molar-refractivity contribution is 6.33. The molecule has 28 heavy (non-hydrogen) atoms. The Labute approximate surface area is 170 Å². The Hall–Kier alpha value is -1.89. The maximum absolute atomic E-state index is 13.1. The first-order valence-corrected chi connectivity index (χ1v) is 9.97. The number of benzene rings is 1. The van der Waals surface area contributed by atoms with Crippen LogP contribution in [0.25, 0.3) is 11.4 Å². The molecule has 0 spiro atoms. The summed E-state index contributed by atoms with van der Waals surface area (Å²) < 4.78 is 12.0. The van der Waals surface area contributed by atoms with Gasteiger partial charge in [-0.05, 0) is 55.9 Å². The number of halogens is 1. The molecule has 0 aliphatic heterocycles. The first-order valence-electron chi connectivity index (χ1n) is 9.60. The highest BCUT2D eigenvalue weighted by Gasteiger charge is 2.20. The molecule has 0 unspecified atom stereocenters. The van der Waals surface area contributed by atoms with E-state index in [9.17, 15) is 4.79 Å². The summed E-state index contributed by atoms with van der Waals surface area (Å²) in [6.07, 6.45) is 4.48. The van der Waals surface area contributed by atoms with E-state index < -0.39 is 0 Å². The minimum atomic E-state index is -0.145. The van der Waals surface area contributed by atoms with Crippen LogP contribution in [0.2, 0.25) is 5.02 Å². The van der Waals surface area contributed by atoms with Crippen molar-refractivity contribution in [1.82, 2.24) is 9.55 Å².